The van der Waals surface area contributed by atoms with Gasteiger partial charge in [0.2, 0.25) is 11.8 Å². The third-order valence-electron chi connectivity index (χ3n) is 5.63. The highest BCUT2D eigenvalue weighted by Crippen LogP contribution is 2.32. The summed E-state index contributed by atoms with van der Waals surface area (Å²) in [5.74, 6) is 0.558. The fourth-order valence-electron chi connectivity index (χ4n) is 4.00. The standard InChI is InChI=1S/C20H25FN2O3/c21-15-2-1-3-18(12-15)26-17-8-10-22(11-9-17)20(25)14-4-7-19(24)23(13-14)16-5-6-16/h1-3,12,14,16-17H,4-11,13H2/t14-/m1/s1. The summed E-state index contributed by atoms with van der Waals surface area (Å²) in [5.41, 5.74) is 0. The number of carbonyl (C=O) groups is 2. The summed E-state index contributed by atoms with van der Waals surface area (Å²) in [5, 5.41) is 0. The fourth-order valence-corrected chi connectivity index (χ4v) is 4.00. The zero-order chi connectivity index (χ0) is 18.1. The van der Waals surface area contributed by atoms with Crippen LogP contribution in [-0.2, 0) is 9.59 Å². The zero-order valence-corrected chi connectivity index (χ0v) is 14.9. The lowest BCUT2D eigenvalue weighted by Crippen LogP contribution is -2.50. The lowest BCUT2D eigenvalue weighted by Gasteiger charge is -2.37. The Bertz CT molecular complexity index is 683. The van der Waals surface area contributed by atoms with Crippen LogP contribution in [0.15, 0.2) is 24.3 Å². The van der Waals surface area contributed by atoms with Gasteiger partial charge in [-0.05, 0) is 31.4 Å². The van der Waals surface area contributed by atoms with Gasteiger partial charge in [0, 0.05) is 51.0 Å². The van der Waals surface area contributed by atoms with Crippen LogP contribution in [-0.4, -0.2) is 53.4 Å². The second-order valence-electron chi connectivity index (χ2n) is 7.61. The van der Waals surface area contributed by atoms with E-state index >= 15 is 0 Å². The number of carbonyl (C=O) groups excluding carboxylic acids is 2. The van der Waals surface area contributed by atoms with Crippen molar-refractivity contribution < 1.29 is 18.7 Å². The van der Waals surface area contributed by atoms with Crippen LogP contribution in [0, 0.1) is 11.7 Å². The average Bonchev–Trinajstić information content (AvgIpc) is 3.47. The van der Waals surface area contributed by atoms with Gasteiger partial charge in [0.05, 0.1) is 5.92 Å². The minimum atomic E-state index is -0.304. The largest absolute Gasteiger partial charge is 0.490 e. The molecule has 3 aliphatic rings. The second kappa shape index (κ2) is 7.25. The number of ether oxygens (including phenoxy) is 1. The van der Waals surface area contributed by atoms with Crippen LogP contribution < -0.4 is 4.74 Å². The lowest BCUT2D eigenvalue weighted by atomic mass is 9.94. The number of rotatable bonds is 4. The van der Waals surface area contributed by atoms with Gasteiger partial charge in [0.25, 0.3) is 0 Å². The molecular formula is C20H25FN2O3. The van der Waals surface area contributed by atoms with Crippen molar-refractivity contribution in [3.8, 4) is 5.75 Å². The first kappa shape index (κ1) is 17.3. The van der Waals surface area contributed by atoms with Gasteiger partial charge in [-0.2, -0.15) is 0 Å². The highest BCUT2D eigenvalue weighted by Gasteiger charge is 2.40. The first-order valence-electron chi connectivity index (χ1n) is 9.60. The molecule has 0 unspecified atom stereocenters. The molecule has 2 aliphatic heterocycles. The van der Waals surface area contributed by atoms with E-state index in [0.29, 0.717) is 44.3 Å². The van der Waals surface area contributed by atoms with E-state index in [2.05, 4.69) is 0 Å². The van der Waals surface area contributed by atoms with E-state index in [9.17, 15) is 14.0 Å². The number of halogens is 1. The van der Waals surface area contributed by atoms with Crippen molar-refractivity contribution in [2.45, 2.75) is 50.7 Å². The molecule has 1 atom stereocenters. The van der Waals surface area contributed by atoms with Gasteiger partial charge >= 0.3 is 0 Å². The van der Waals surface area contributed by atoms with Crippen molar-refractivity contribution in [2.24, 2.45) is 5.92 Å². The van der Waals surface area contributed by atoms with Crippen LogP contribution in [0.1, 0.15) is 38.5 Å². The van der Waals surface area contributed by atoms with Crippen molar-refractivity contribution in [2.75, 3.05) is 19.6 Å². The Hall–Kier alpha value is -2.11. The molecule has 0 spiro atoms. The molecule has 1 saturated carbocycles. The van der Waals surface area contributed by atoms with E-state index in [0.717, 1.165) is 25.7 Å². The summed E-state index contributed by atoms with van der Waals surface area (Å²) in [6.45, 7) is 1.90. The molecule has 140 valence electrons. The first-order valence-corrected chi connectivity index (χ1v) is 9.60. The maximum atomic E-state index is 13.3. The molecule has 1 aromatic rings. The topological polar surface area (TPSA) is 49.9 Å². The SMILES string of the molecule is O=C([C@@H]1CCC(=O)N(C2CC2)C1)N1CCC(Oc2cccc(F)c2)CC1. The van der Waals surface area contributed by atoms with Crippen LogP contribution in [0.25, 0.3) is 0 Å². The molecule has 6 heteroatoms. The maximum Gasteiger partial charge on any atom is 0.227 e. The Morgan fingerprint density at radius 1 is 1.12 bits per heavy atom. The van der Waals surface area contributed by atoms with Crippen LogP contribution in [0.3, 0.4) is 0 Å². The molecular weight excluding hydrogens is 335 g/mol. The molecule has 4 rings (SSSR count). The number of hydrogen-bond acceptors (Lipinski definition) is 3. The normalized spacial score (nSPS) is 24.7. The van der Waals surface area contributed by atoms with Crippen molar-refractivity contribution in [3.63, 3.8) is 0 Å². The van der Waals surface area contributed by atoms with E-state index in [4.69, 9.17) is 4.74 Å². The van der Waals surface area contributed by atoms with Crippen LogP contribution in [0.2, 0.25) is 0 Å². The van der Waals surface area contributed by atoms with Crippen molar-refractivity contribution >= 4 is 11.8 Å². The van der Waals surface area contributed by atoms with Gasteiger partial charge in [-0.1, -0.05) is 6.07 Å². The second-order valence-corrected chi connectivity index (χ2v) is 7.61. The van der Waals surface area contributed by atoms with Crippen molar-refractivity contribution in [1.82, 2.24) is 9.80 Å². The Labute approximate surface area is 153 Å². The smallest absolute Gasteiger partial charge is 0.227 e. The average molecular weight is 360 g/mol. The quantitative estimate of drug-likeness (QED) is 0.829. The molecule has 2 amide bonds. The Morgan fingerprint density at radius 2 is 1.88 bits per heavy atom. The predicted octanol–water partition coefficient (Wildman–Crippen LogP) is 2.60. The molecule has 2 saturated heterocycles. The first-order chi connectivity index (χ1) is 12.6. The van der Waals surface area contributed by atoms with Gasteiger partial charge in [-0.25, -0.2) is 4.39 Å². The molecule has 1 aliphatic carbocycles. The summed E-state index contributed by atoms with van der Waals surface area (Å²) >= 11 is 0. The number of likely N-dealkylation sites (tertiary alicyclic amines) is 2. The monoisotopic (exact) mass is 360 g/mol. The van der Waals surface area contributed by atoms with Crippen LogP contribution >= 0.6 is 0 Å². The summed E-state index contributed by atoms with van der Waals surface area (Å²) in [7, 11) is 0. The minimum absolute atomic E-state index is 0.0109. The number of nitrogens with zero attached hydrogens (tertiary/aromatic N) is 2. The summed E-state index contributed by atoms with van der Waals surface area (Å²) < 4.78 is 19.1. The molecule has 3 fully saturated rings. The number of hydrogen-bond donors (Lipinski definition) is 0. The summed E-state index contributed by atoms with van der Waals surface area (Å²) in [6.07, 6.45) is 4.83. The van der Waals surface area contributed by atoms with E-state index < -0.39 is 0 Å². The van der Waals surface area contributed by atoms with Crippen molar-refractivity contribution in [1.29, 1.82) is 0 Å². The van der Waals surface area contributed by atoms with Crippen molar-refractivity contribution in [3.05, 3.63) is 30.1 Å². The minimum Gasteiger partial charge on any atom is -0.490 e. The highest BCUT2D eigenvalue weighted by molar-refractivity contribution is 5.84. The van der Waals surface area contributed by atoms with Gasteiger partial charge in [0.1, 0.15) is 17.7 Å². The van der Waals surface area contributed by atoms with Gasteiger partial charge < -0.3 is 14.5 Å². The summed E-state index contributed by atoms with van der Waals surface area (Å²) in [6, 6.07) is 6.56. The van der Waals surface area contributed by atoms with E-state index in [-0.39, 0.29) is 29.7 Å². The third-order valence-corrected chi connectivity index (χ3v) is 5.63. The molecule has 0 radical (unpaired) electrons. The van der Waals surface area contributed by atoms with Crippen LogP contribution in [0.5, 0.6) is 5.75 Å². The molecule has 5 nitrogen and oxygen atoms in total. The molecule has 2 heterocycles. The van der Waals surface area contributed by atoms with E-state index in [1.54, 1.807) is 12.1 Å². The molecule has 1 aromatic carbocycles. The highest BCUT2D eigenvalue weighted by atomic mass is 19.1. The Kier molecular flexibility index (Phi) is 4.83. The Morgan fingerprint density at radius 3 is 2.58 bits per heavy atom. The molecule has 0 N–H and O–H groups in total. The zero-order valence-electron chi connectivity index (χ0n) is 14.9. The van der Waals surface area contributed by atoms with Gasteiger partial charge in [-0.3, -0.25) is 9.59 Å². The van der Waals surface area contributed by atoms with Gasteiger partial charge in [-0.15, -0.1) is 0 Å². The maximum absolute atomic E-state index is 13.3. The van der Waals surface area contributed by atoms with Crippen LogP contribution in [0.4, 0.5) is 4.39 Å². The van der Waals surface area contributed by atoms with E-state index in [1.165, 1.54) is 12.1 Å². The third kappa shape index (κ3) is 3.84. The molecule has 0 bridgehead atoms. The fraction of sp³-hybridized carbons (Fsp3) is 0.600. The van der Waals surface area contributed by atoms with E-state index in [1.807, 2.05) is 9.80 Å². The predicted molar refractivity (Wildman–Crippen MR) is 94.1 cm³/mol. The summed E-state index contributed by atoms with van der Waals surface area (Å²) in [4.78, 5) is 28.7. The van der Waals surface area contributed by atoms with Gasteiger partial charge in [0.15, 0.2) is 0 Å². The Balaban J connectivity index is 1.28. The molecule has 26 heavy (non-hydrogen) atoms. The number of piperidine rings is 2. The lowest BCUT2D eigenvalue weighted by molar-refractivity contribution is -0.144. The number of amides is 2. The molecule has 0 aromatic heterocycles. The number of benzene rings is 1.